The largest absolute Gasteiger partial charge is 0.459 e. The van der Waals surface area contributed by atoms with E-state index >= 15 is 0 Å². The van der Waals surface area contributed by atoms with Crippen LogP contribution in [0.15, 0.2) is 60.3 Å². The molecule has 0 saturated heterocycles. The molecule has 0 aromatic rings. The number of aliphatic hydroxyl groups excluding tert-OH is 9. The molecule has 0 radical (unpaired) electrons. The Morgan fingerprint density at radius 3 is 1.74 bits per heavy atom. The summed E-state index contributed by atoms with van der Waals surface area (Å²) in [5.74, 6) is -2.33. The minimum Gasteiger partial charge on any atom is -0.459 e. The first-order valence-corrected chi connectivity index (χ1v) is 16.4. The smallest absolute Gasteiger partial charge is 0.314 e. The van der Waals surface area contributed by atoms with Crippen LogP contribution < -0.4 is 0 Å². The van der Waals surface area contributed by atoms with Gasteiger partial charge in [0.1, 0.15) is 18.1 Å². The van der Waals surface area contributed by atoms with Crippen molar-refractivity contribution in [3.8, 4) is 0 Å². The van der Waals surface area contributed by atoms with E-state index in [0.717, 1.165) is 12.8 Å². The first kappa shape index (κ1) is 41.8. The molecule has 1 heterocycles. The van der Waals surface area contributed by atoms with Crippen molar-refractivity contribution in [2.75, 3.05) is 0 Å². The Kier molecular flexibility index (Phi) is 21.1. The van der Waals surface area contributed by atoms with Crippen molar-refractivity contribution in [1.82, 2.24) is 0 Å². The number of esters is 1. The van der Waals surface area contributed by atoms with E-state index in [9.17, 15) is 50.8 Å². The van der Waals surface area contributed by atoms with Crippen molar-refractivity contribution >= 4 is 5.97 Å². The summed E-state index contributed by atoms with van der Waals surface area (Å²) in [6.07, 6.45) is 4.69. The number of rotatable bonds is 5. The number of cyclic esters (lactones) is 1. The minimum absolute atomic E-state index is 0.0162. The molecule has 0 aromatic heterocycles. The van der Waals surface area contributed by atoms with Crippen molar-refractivity contribution in [3.05, 3.63) is 60.3 Å². The molecule has 46 heavy (non-hydrogen) atoms. The second-order valence-electron chi connectivity index (χ2n) is 12.4. The van der Waals surface area contributed by atoms with Gasteiger partial charge in [0, 0.05) is 12.8 Å². The predicted molar refractivity (Wildman–Crippen MR) is 175 cm³/mol. The van der Waals surface area contributed by atoms with Gasteiger partial charge in [-0.2, -0.15) is 0 Å². The summed E-state index contributed by atoms with van der Waals surface area (Å²) in [4.78, 5) is 13.1. The van der Waals surface area contributed by atoms with E-state index in [-0.39, 0.29) is 44.9 Å². The van der Waals surface area contributed by atoms with Crippen LogP contribution in [0.3, 0.4) is 0 Å². The number of ether oxygens (including phenoxy) is 1. The normalized spacial score (nSPS) is 38.6. The standard InChI is InChI=1S/C35H58O11/c1-4-5-11-16-31(42)34-33(44)22-29(40)20-27(38)18-25(36)17-26(37)19-28(39)21-32(43)23(2)14-12-9-7-6-8-10-13-15-30(41)24(3)46-35(34)45/h6-10,12-15,24-34,36-44H,4-5,11,16-22H2,1-3H3/b7-6+,10-8+,12-9+,15-13+,23-14+/t24-,25+,26-,27+,28-,29-,30+,31-,32+,33+,34-/m1/s1. The molecule has 0 bridgehead atoms. The average molecular weight is 655 g/mol. The van der Waals surface area contributed by atoms with Crippen LogP contribution in [-0.2, 0) is 9.53 Å². The fourth-order valence-corrected chi connectivity index (χ4v) is 5.27. The fourth-order valence-electron chi connectivity index (χ4n) is 5.27. The Morgan fingerprint density at radius 1 is 0.717 bits per heavy atom. The van der Waals surface area contributed by atoms with Crippen LogP contribution in [0.2, 0.25) is 0 Å². The number of hydrogen-bond acceptors (Lipinski definition) is 11. The van der Waals surface area contributed by atoms with Crippen LogP contribution in [0.25, 0.3) is 0 Å². The topological polar surface area (TPSA) is 208 Å². The second kappa shape index (κ2) is 23.2. The highest BCUT2D eigenvalue weighted by Crippen LogP contribution is 2.24. The summed E-state index contributed by atoms with van der Waals surface area (Å²) >= 11 is 0. The van der Waals surface area contributed by atoms with E-state index < -0.39 is 72.9 Å². The van der Waals surface area contributed by atoms with Crippen molar-refractivity contribution in [3.63, 3.8) is 0 Å². The zero-order valence-corrected chi connectivity index (χ0v) is 27.5. The highest BCUT2D eigenvalue weighted by molar-refractivity contribution is 5.74. The van der Waals surface area contributed by atoms with Crippen LogP contribution in [0.4, 0.5) is 0 Å². The molecule has 0 spiro atoms. The van der Waals surface area contributed by atoms with Crippen LogP contribution >= 0.6 is 0 Å². The van der Waals surface area contributed by atoms with Crippen LogP contribution in [-0.4, -0.2) is 113 Å². The molecule has 11 nitrogen and oxygen atoms in total. The number of allylic oxidation sites excluding steroid dienone is 8. The monoisotopic (exact) mass is 654 g/mol. The Bertz CT molecular complexity index is 991. The van der Waals surface area contributed by atoms with Crippen molar-refractivity contribution in [1.29, 1.82) is 0 Å². The lowest BCUT2D eigenvalue weighted by Crippen LogP contribution is -2.43. The van der Waals surface area contributed by atoms with Crippen molar-refractivity contribution in [2.24, 2.45) is 5.92 Å². The molecule has 11 atom stereocenters. The first-order chi connectivity index (χ1) is 21.7. The summed E-state index contributed by atoms with van der Waals surface area (Å²) in [5, 5.41) is 94.8. The highest BCUT2D eigenvalue weighted by atomic mass is 16.6. The van der Waals surface area contributed by atoms with Gasteiger partial charge in [0.15, 0.2) is 0 Å². The molecule has 0 unspecified atom stereocenters. The molecule has 0 aromatic carbocycles. The summed E-state index contributed by atoms with van der Waals surface area (Å²) in [6, 6.07) is 0. The van der Waals surface area contributed by atoms with Gasteiger partial charge in [-0.05, 0) is 51.5 Å². The summed E-state index contributed by atoms with van der Waals surface area (Å²) in [5.41, 5.74) is 0.609. The van der Waals surface area contributed by atoms with Gasteiger partial charge in [-0.3, -0.25) is 4.79 Å². The molecular weight excluding hydrogens is 596 g/mol. The van der Waals surface area contributed by atoms with Gasteiger partial charge < -0.3 is 50.7 Å². The van der Waals surface area contributed by atoms with Gasteiger partial charge in [0.25, 0.3) is 0 Å². The maximum absolute atomic E-state index is 13.1. The van der Waals surface area contributed by atoms with E-state index in [0.29, 0.717) is 12.0 Å². The van der Waals surface area contributed by atoms with E-state index in [4.69, 9.17) is 4.74 Å². The summed E-state index contributed by atoms with van der Waals surface area (Å²) in [6.45, 7) is 5.18. The lowest BCUT2D eigenvalue weighted by atomic mass is 9.87. The number of aliphatic hydroxyl groups is 9. The lowest BCUT2D eigenvalue weighted by molar-refractivity contribution is -0.168. The first-order valence-electron chi connectivity index (χ1n) is 16.4. The van der Waals surface area contributed by atoms with Gasteiger partial charge >= 0.3 is 5.97 Å². The van der Waals surface area contributed by atoms with Crippen LogP contribution in [0.5, 0.6) is 0 Å². The third-order valence-corrected chi connectivity index (χ3v) is 8.03. The number of unbranched alkanes of at least 4 members (excludes halogenated alkanes) is 2. The predicted octanol–water partition coefficient (Wildman–Crippen LogP) is 1.89. The quantitative estimate of drug-likeness (QED) is 0.154. The molecule has 1 aliphatic heterocycles. The Balaban J connectivity index is 3.14. The number of carbonyl (C=O) groups excluding carboxylic acids is 1. The molecule has 9 N–H and O–H groups in total. The van der Waals surface area contributed by atoms with Gasteiger partial charge in [-0.15, -0.1) is 0 Å². The molecule has 0 saturated carbocycles. The van der Waals surface area contributed by atoms with Crippen molar-refractivity contribution < 1.29 is 55.5 Å². The van der Waals surface area contributed by atoms with Gasteiger partial charge in [-0.25, -0.2) is 0 Å². The van der Waals surface area contributed by atoms with Gasteiger partial charge in [-0.1, -0.05) is 80.9 Å². The third-order valence-electron chi connectivity index (χ3n) is 8.03. The Labute approximate surface area is 273 Å². The SMILES string of the molecule is CCCCC[C@@H](O)[C@H]1C(=O)O[C@H](C)[C@@H](O)/C=C/C=C/C=C/C=C/C=C(\C)[C@@H](O)C[C@H](O)C[C@H](O)C[C@H](O)C[C@H](O)C[C@@H](O)C[C@@H]1O. The zero-order valence-electron chi connectivity index (χ0n) is 27.5. The molecule has 0 amide bonds. The molecule has 0 aliphatic carbocycles. The Morgan fingerprint density at radius 2 is 1.20 bits per heavy atom. The van der Waals surface area contributed by atoms with E-state index in [2.05, 4.69) is 0 Å². The Hall–Kier alpha value is -2.19. The third kappa shape index (κ3) is 17.7. The van der Waals surface area contributed by atoms with E-state index in [1.165, 1.54) is 13.0 Å². The van der Waals surface area contributed by atoms with Crippen molar-refractivity contribution in [2.45, 2.75) is 146 Å². The maximum Gasteiger partial charge on any atom is 0.314 e. The van der Waals surface area contributed by atoms with Crippen LogP contribution in [0.1, 0.15) is 85.0 Å². The van der Waals surface area contributed by atoms with E-state index in [1.807, 2.05) is 6.92 Å². The van der Waals surface area contributed by atoms with Gasteiger partial charge in [0.2, 0.25) is 0 Å². The number of carbonyl (C=O) groups is 1. The molecule has 1 aliphatic rings. The molecule has 0 fully saturated rings. The summed E-state index contributed by atoms with van der Waals surface area (Å²) < 4.78 is 5.42. The second-order valence-corrected chi connectivity index (χ2v) is 12.4. The number of hydrogen-bond donors (Lipinski definition) is 9. The fraction of sp³-hybridized carbons (Fsp3) is 0.686. The highest BCUT2D eigenvalue weighted by Gasteiger charge is 2.37. The zero-order chi connectivity index (χ0) is 34.6. The minimum atomic E-state index is -1.52. The van der Waals surface area contributed by atoms with Gasteiger partial charge in [0.05, 0.1) is 48.8 Å². The molecule has 11 heteroatoms. The molecule has 1 rings (SSSR count). The molecular formula is C35H58O11. The molecule has 264 valence electrons. The lowest BCUT2D eigenvalue weighted by Gasteiger charge is -2.29. The maximum atomic E-state index is 13.1. The van der Waals surface area contributed by atoms with Crippen LogP contribution in [0, 0.1) is 5.92 Å². The summed E-state index contributed by atoms with van der Waals surface area (Å²) in [7, 11) is 0. The van der Waals surface area contributed by atoms with E-state index in [1.54, 1.807) is 55.5 Å². The average Bonchev–Trinajstić information content (AvgIpc) is 2.94.